The predicted octanol–water partition coefficient (Wildman–Crippen LogP) is 4.72. The Labute approximate surface area is 122 Å². The van der Waals surface area contributed by atoms with Gasteiger partial charge in [-0.05, 0) is 18.2 Å². The molecule has 19 heavy (non-hydrogen) atoms. The maximum atomic E-state index is 13.9. The minimum Gasteiger partial charge on any atom is -0.336 e. The van der Waals surface area contributed by atoms with E-state index in [0.717, 1.165) is 0 Å². The molecule has 2 heterocycles. The Balaban J connectivity index is 2.23. The highest BCUT2D eigenvalue weighted by Crippen LogP contribution is 2.29. The summed E-state index contributed by atoms with van der Waals surface area (Å²) in [7, 11) is 0. The van der Waals surface area contributed by atoms with Gasteiger partial charge in [-0.3, -0.25) is 0 Å². The second kappa shape index (κ2) is 4.63. The van der Waals surface area contributed by atoms with Crippen molar-refractivity contribution in [3.63, 3.8) is 0 Å². The fourth-order valence-corrected chi connectivity index (χ4v) is 2.17. The van der Waals surface area contributed by atoms with E-state index in [9.17, 15) is 4.39 Å². The van der Waals surface area contributed by atoms with Crippen molar-refractivity contribution < 1.29 is 4.39 Å². The minimum absolute atomic E-state index is 0.0296. The quantitative estimate of drug-likeness (QED) is 0.660. The average Bonchev–Trinajstić information content (AvgIpc) is 2.76. The van der Waals surface area contributed by atoms with Crippen molar-refractivity contribution in [2.24, 2.45) is 0 Å². The maximum absolute atomic E-state index is 13.9. The first-order valence-electron chi connectivity index (χ1n) is 5.22. The van der Waals surface area contributed by atoms with Crippen LogP contribution in [0.3, 0.4) is 0 Å². The Bertz CT molecular complexity index is 746. The summed E-state index contributed by atoms with van der Waals surface area (Å²) in [4.78, 5) is 11.1. The van der Waals surface area contributed by atoms with E-state index in [1.54, 1.807) is 18.2 Å². The van der Waals surface area contributed by atoms with Crippen molar-refractivity contribution in [2.75, 3.05) is 0 Å². The largest absolute Gasteiger partial charge is 0.336 e. The van der Waals surface area contributed by atoms with E-state index in [-0.39, 0.29) is 15.7 Å². The number of pyridine rings is 1. The Hall–Kier alpha value is -1.36. The van der Waals surface area contributed by atoms with Crippen LogP contribution in [0.4, 0.5) is 4.39 Å². The van der Waals surface area contributed by atoms with Gasteiger partial charge in [0.25, 0.3) is 0 Å². The summed E-state index contributed by atoms with van der Waals surface area (Å²) < 4.78 is 13.9. The zero-order valence-electron chi connectivity index (χ0n) is 9.22. The highest BCUT2D eigenvalue weighted by atomic mass is 35.5. The van der Waals surface area contributed by atoms with Gasteiger partial charge in [0, 0.05) is 0 Å². The Morgan fingerprint density at radius 1 is 1.05 bits per heavy atom. The van der Waals surface area contributed by atoms with Crippen molar-refractivity contribution in [3.05, 3.63) is 45.3 Å². The zero-order valence-corrected chi connectivity index (χ0v) is 11.5. The molecule has 0 saturated heterocycles. The van der Waals surface area contributed by atoms with E-state index in [0.29, 0.717) is 22.0 Å². The van der Waals surface area contributed by atoms with Crippen LogP contribution < -0.4 is 0 Å². The number of H-pyrrole nitrogens is 1. The number of fused-ring (bicyclic) bond motifs is 1. The molecule has 0 unspecified atom stereocenters. The summed E-state index contributed by atoms with van der Waals surface area (Å²) in [5.74, 6) is -0.221. The third kappa shape index (κ3) is 2.16. The lowest BCUT2D eigenvalue weighted by Gasteiger charge is -1.99. The van der Waals surface area contributed by atoms with Crippen LogP contribution in [0.25, 0.3) is 22.6 Å². The standard InChI is InChI=1S/C12H5Cl3FN3/c13-6-3-1-2-5(9(6)16)11-17-8-4-7(14)10(15)18-12(8)19-11/h1-4H,(H,17,18,19). The number of hydrogen-bond donors (Lipinski definition) is 1. The number of aromatic amines is 1. The van der Waals surface area contributed by atoms with E-state index in [1.165, 1.54) is 6.07 Å². The van der Waals surface area contributed by atoms with Crippen molar-refractivity contribution in [1.82, 2.24) is 15.0 Å². The van der Waals surface area contributed by atoms with Crippen LogP contribution in [-0.2, 0) is 0 Å². The molecular formula is C12H5Cl3FN3. The first-order chi connectivity index (χ1) is 9.06. The molecule has 0 fully saturated rings. The fourth-order valence-electron chi connectivity index (χ4n) is 1.71. The van der Waals surface area contributed by atoms with E-state index in [2.05, 4.69) is 15.0 Å². The number of halogens is 4. The monoisotopic (exact) mass is 315 g/mol. The molecule has 0 bridgehead atoms. The molecule has 0 atom stereocenters. The molecule has 7 heteroatoms. The topological polar surface area (TPSA) is 41.6 Å². The van der Waals surface area contributed by atoms with Gasteiger partial charge in [-0.25, -0.2) is 14.4 Å². The number of benzene rings is 1. The smallest absolute Gasteiger partial charge is 0.179 e. The maximum Gasteiger partial charge on any atom is 0.179 e. The lowest BCUT2D eigenvalue weighted by molar-refractivity contribution is 0.630. The molecule has 0 radical (unpaired) electrons. The van der Waals surface area contributed by atoms with Crippen LogP contribution in [0.5, 0.6) is 0 Å². The van der Waals surface area contributed by atoms with Gasteiger partial charge in [-0.1, -0.05) is 40.9 Å². The summed E-state index contributed by atoms with van der Waals surface area (Å²) >= 11 is 17.4. The number of aromatic nitrogens is 3. The number of hydrogen-bond acceptors (Lipinski definition) is 2. The molecule has 0 spiro atoms. The minimum atomic E-state index is -0.541. The summed E-state index contributed by atoms with van der Waals surface area (Å²) in [6.07, 6.45) is 0. The molecule has 1 aromatic carbocycles. The van der Waals surface area contributed by atoms with Gasteiger partial charge in [0.2, 0.25) is 0 Å². The number of rotatable bonds is 1. The third-order valence-corrected chi connectivity index (χ3v) is 3.56. The lowest BCUT2D eigenvalue weighted by atomic mass is 10.2. The van der Waals surface area contributed by atoms with Gasteiger partial charge >= 0.3 is 0 Å². The summed E-state index contributed by atoms with van der Waals surface area (Å²) in [6.45, 7) is 0. The van der Waals surface area contributed by atoms with Gasteiger partial charge in [-0.2, -0.15) is 0 Å². The fraction of sp³-hybridized carbons (Fsp3) is 0. The van der Waals surface area contributed by atoms with E-state index in [4.69, 9.17) is 34.8 Å². The first kappa shape index (κ1) is 12.7. The second-order valence-electron chi connectivity index (χ2n) is 3.82. The Morgan fingerprint density at radius 3 is 2.63 bits per heavy atom. The first-order valence-corrected chi connectivity index (χ1v) is 6.36. The van der Waals surface area contributed by atoms with Crippen LogP contribution in [0.15, 0.2) is 24.3 Å². The molecule has 96 valence electrons. The normalized spacial score (nSPS) is 11.2. The number of nitrogens with zero attached hydrogens (tertiary/aromatic N) is 2. The van der Waals surface area contributed by atoms with Crippen molar-refractivity contribution in [1.29, 1.82) is 0 Å². The van der Waals surface area contributed by atoms with Crippen molar-refractivity contribution in [3.8, 4) is 11.4 Å². The molecule has 0 amide bonds. The van der Waals surface area contributed by atoms with Crippen LogP contribution in [-0.4, -0.2) is 15.0 Å². The molecule has 1 N–H and O–H groups in total. The number of nitrogens with one attached hydrogen (secondary N) is 1. The molecule has 0 aliphatic carbocycles. The summed E-state index contributed by atoms with van der Waals surface area (Å²) in [5.41, 5.74) is 1.20. The van der Waals surface area contributed by atoms with Gasteiger partial charge < -0.3 is 4.98 Å². The highest BCUT2D eigenvalue weighted by Gasteiger charge is 2.14. The zero-order chi connectivity index (χ0) is 13.6. The third-order valence-electron chi connectivity index (χ3n) is 2.59. The molecule has 0 saturated carbocycles. The van der Waals surface area contributed by atoms with Gasteiger partial charge in [0.05, 0.1) is 21.1 Å². The highest BCUT2D eigenvalue weighted by molar-refractivity contribution is 6.41. The van der Waals surface area contributed by atoms with Gasteiger partial charge in [0.15, 0.2) is 11.5 Å². The molecule has 3 nitrogen and oxygen atoms in total. The van der Waals surface area contributed by atoms with E-state index >= 15 is 0 Å². The second-order valence-corrected chi connectivity index (χ2v) is 4.99. The Kier molecular flexibility index (Phi) is 3.09. The molecule has 0 aliphatic heterocycles. The van der Waals surface area contributed by atoms with Crippen LogP contribution in [0, 0.1) is 5.82 Å². The predicted molar refractivity (Wildman–Crippen MR) is 74.3 cm³/mol. The molecule has 3 aromatic rings. The van der Waals surface area contributed by atoms with Crippen LogP contribution >= 0.6 is 34.8 Å². The van der Waals surface area contributed by atoms with Crippen molar-refractivity contribution >= 4 is 46.0 Å². The Morgan fingerprint density at radius 2 is 1.84 bits per heavy atom. The summed E-state index contributed by atoms with van der Waals surface area (Å²) in [5, 5.41) is 0.483. The van der Waals surface area contributed by atoms with E-state index < -0.39 is 5.82 Å². The number of imidazole rings is 1. The molecule has 3 rings (SSSR count). The lowest BCUT2D eigenvalue weighted by Crippen LogP contribution is -1.87. The van der Waals surface area contributed by atoms with Gasteiger partial charge in [0.1, 0.15) is 11.0 Å². The molecular weight excluding hydrogens is 312 g/mol. The van der Waals surface area contributed by atoms with Crippen LogP contribution in [0.1, 0.15) is 0 Å². The van der Waals surface area contributed by atoms with E-state index in [1.807, 2.05) is 0 Å². The van der Waals surface area contributed by atoms with Crippen molar-refractivity contribution in [2.45, 2.75) is 0 Å². The van der Waals surface area contributed by atoms with Gasteiger partial charge in [-0.15, -0.1) is 0 Å². The average molecular weight is 317 g/mol. The molecule has 0 aliphatic rings. The van der Waals surface area contributed by atoms with Crippen LogP contribution in [0.2, 0.25) is 15.2 Å². The SMILES string of the molecule is Fc1c(Cl)cccc1-c1nc2nc(Cl)c(Cl)cc2[nH]1. The molecule has 2 aromatic heterocycles. The summed E-state index contributed by atoms with van der Waals surface area (Å²) in [6, 6.07) is 6.27.